The van der Waals surface area contributed by atoms with Gasteiger partial charge in [0.25, 0.3) is 20.2 Å². The van der Waals surface area contributed by atoms with E-state index in [1.54, 1.807) is 25.3 Å². The Morgan fingerprint density at radius 2 is 1.08 bits per heavy atom. The van der Waals surface area contributed by atoms with Gasteiger partial charge in [0.2, 0.25) is 0 Å². The molecule has 20 heteroatoms. The van der Waals surface area contributed by atoms with Gasteiger partial charge in [-0.1, -0.05) is 36.4 Å². The minimum Gasteiger partial charge on any atom is -0.506 e. The number of hydrogen-bond acceptors (Lipinski definition) is 15. The second kappa shape index (κ2) is 18.4. The topological polar surface area (TPSA) is 254 Å². The minimum atomic E-state index is -4.66. The van der Waals surface area contributed by atoms with E-state index in [1.165, 1.54) is 55.6 Å². The number of rotatable bonds is 12. The summed E-state index contributed by atoms with van der Waals surface area (Å²) in [5, 5.41) is 54.3. The summed E-state index contributed by atoms with van der Waals surface area (Å²) in [4.78, 5) is -0.933. The van der Waals surface area contributed by atoms with E-state index in [2.05, 4.69) is 36.0 Å². The molecule has 5 N–H and O–H groups in total. The normalized spacial score (nSPS) is 12.1. The van der Waals surface area contributed by atoms with Crippen LogP contribution in [0, 0.1) is 6.92 Å². The molecule has 0 amide bonds. The first kappa shape index (κ1) is 45.7. The van der Waals surface area contributed by atoms with Crippen LogP contribution in [-0.2, 0) is 37.3 Å². The zero-order valence-corrected chi connectivity index (χ0v) is 36.7. The van der Waals surface area contributed by atoms with Crippen LogP contribution >= 0.6 is 0 Å². The summed E-state index contributed by atoms with van der Waals surface area (Å²) in [7, 11) is -6.27. The molecule has 0 aliphatic rings. The molecule has 0 unspecified atom stereocenters. The van der Waals surface area contributed by atoms with Gasteiger partial charge in [-0.25, -0.2) is 0 Å². The van der Waals surface area contributed by atoms with Gasteiger partial charge in [0.1, 0.15) is 44.9 Å². The minimum absolute atomic E-state index is 0. The fraction of sp³-hybridized carbons (Fsp3) is 0.0667. The number of methoxy groups -OCH3 is 2. The van der Waals surface area contributed by atoms with Crippen LogP contribution in [0.15, 0.2) is 168 Å². The Kier molecular flexibility index (Phi) is 12.9. The van der Waals surface area contributed by atoms with E-state index in [1.807, 2.05) is 49.4 Å². The fourth-order valence-electron chi connectivity index (χ4n) is 6.97. The molecule has 0 spiro atoms. The molecular formula is C45H35CuN7O10S2. The summed E-state index contributed by atoms with van der Waals surface area (Å²) in [6.45, 7) is 2.00. The predicted octanol–water partition coefficient (Wildman–Crippen LogP) is 12.4. The largest absolute Gasteiger partial charge is 0.506 e. The van der Waals surface area contributed by atoms with Crippen LogP contribution in [-0.4, -0.2) is 50.4 Å². The molecule has 0 heterocycles. The molecule has 0 fully saturated rings. The van der Waals surface area contributed by atoms with Crippen molar-refractivity contribution in [2.45, 2.75) is 16.7 Å². The van der Waals surface area contributed by atoms with Crippen LogP contribution in [0.3, 0.4) is 0 Å². The van der Waals surface area contributed by atoms with E-state index in [4.69, 9.17) is 9.47 Å². The molecule has 0 saturated carbocycles. The van der Waals surface area contributed by atoms with Crippen molar-refractivity contribution in [3.63, 3.8) is 0 Å². The number of aromatic hydroxyl groups is 2. The van der Waals surface area contributed by atoms with Crippen LogP contribution < -0.4 is 14.8 Å². The average Bonchev–Trinajstić information content (AvgIpc) is 3.27. The number of phenols is 2. The summed E-state index contributed by atoms with van der Waals surface area (Å²) in [6, 6.07) is 33.4. The molecule has 0 atom stereocenters. The maximum Gasteiger partial charge on any atom is 0.296 e. The molecule has 0 aliphatic carbocycles. The van der Waals surface area contributed by atoms with E-state index in [-0.39, 0.29) is 79.2 Å². The number of anilines is 2. The van der Waals surface area contributed by atoms with Gasteiger partial charge in [-0.2, -0.15) is 16.8 Å². The molecule has 8 aromatic carbocycles. The maximum absolute atomic E-state index is 12.1. The molecule has 0 aliphatic heterocycles. The number of benzene rings is 8. The summed E-state index contributed by atoms with van der Waals surface area (Å²) in [5.74, 6) is 0.456. The van der Waals surface area contributed by atoms with Gasteiger partial charge >= 0.3 is 0 Å². The van der Waals surface area contributed by atoms with Gasteiger partial charge < -0.3 is 25.0 Å². The van der Waals surface area contributed by atoms with Crippen molar-refractivity contribution in [2.24, 2.45) is 30.7 Å². The van der Waals surface area contributed by atoms with E-state index in [9.17, 15) is 36.2 Å². The van der Waals surface area contributed by atoms with Gasteiger partial charge in [-0.05, 0) is 102 Å². The van der Waals surface area contributed by atoms with Gasteiger partial charge in [0.05, 0.1) is 30.5 Å². The Morgan fingerprint density at radius 3 is 1.75 bits per heavy atom. The number of phenolic OH excluding ortho intramolecular Hbond substituents is 2. The Morgan fingerprint density at radius 1 is 0.508 bits per heavy atom. The first-order valence-electron chi connectivity index (χ1n) is 19.0. The van der Waals surface area contributed by atoms with Crippen molar-refractivity contribution in [2.75, 3.05) is 19.5 Å². The molecular weight excluding hydrogens is 926 g/mol. The van der Waals surface area contributed by atoms with Crippen molar-refractivity contribution in [3.8, 4) is 23.0 Å². The van der Waals surface area contributed by atoms with E-state index in [0.717, 1.165) is 57.0 Å². The van der Waals surface area contributed by atoms with Crippen LogP contribution in [0.4, 0.5) is 45.5 Å². The number of nitrogens with one attached hydrogen (secondary N) is 1. The predicted molar refractivity (Wildman–Crippen MR) is 241 cm³/mol. The van der Waals surface area contributed by atoms with Gasteiger partial charge in [-0.3, -0.25) is 9.11 Å². The Bertz CT molecular complexity index is 3520. The SMILES string of the molecule is COc1cc(N=Nc2ccc3cc(Nc4ccc5c(OC)c(C)ccc5c4)ccc3c2O)c(O)cc1N=Nc1ccc(N=Nc2ccccc2S(=O)(=O)O)c2ccc(S(=O)(=O)O)cc12.[Cu]. The molecule has 17 nitrogen and oxygen atoms in total. The Hall–Kier alpha value is -7.32. The average molecular weight is 961 g/mol. The first-order valence-corrected chi connectivity index (χ1v) is 21.9. The van der Waals surface area contributed by atoms with E-state index < -0.39 is 30.0 Å². The second-order valence-corrected chi connectivity index (χ2v) is 17.0. The van der Waals surface area contributed by atoms with Gasteiger partial charge in [0, 0.05) is 62.1 Å². The molecule has 8 rings (SSSR count). The number of fused-ring (bicyclic) bond motifs is 3. The van der Waals surface area contributed by atoms with Crippen molar-refractivity contribution in [3.05, 3.63) is 133 Å². The Labute approximate surface area is 381 Å². The number of nitrogens with zero attached hydrogens (tertiary/aromatic N) is 6. The molecule has 333 valence electrons. The third kappa shape index (κ3) is 9.63. The van der Waals surface area contributed by atoms with E-state index >= 15 is 0 Å². The molecule has 65 heavy (non-hydrogen) atoms. The molecule has 0 aromatic heterocycles. The quantitative estimate of drug-likeness (QED) is 0.0437. The van der Waals surface area contributed by atoms with Crippen molar-refractivity contribution >= 4 is 98.1 Å². The third-order valence-corrected chi connectivity index (χ3v) is 11.8. The third-order valence-electron chi connectivity index (χ3n) is 10.1. The number of azo groups is 3. The fourth-order valence-corrected chi connectivity index (χ4v) is 8.10. The van der Waals surface area contributed by atoms with Crippen molar-refractivity contribution in [1.29, 1.82) is 0 Å². The smallest absolute Gasteiger partial charge is 0.296 e. The molecule has 8 aromatic rings. The van der Waals surface area contributed by atoms with E-state index in [0.29, 0.717) is 5.39 Å². The molecule has 1 radical (unpaired) electrons. The summed E-state index contributed by atoms with van der Waals surface area (Å²) < 4.78 is 78.4. The molecule has 0 bridgehead atoms. The maximum atomic E-state index is 12.1. The second-order valence-electron chi connectivity index (χ2n) is 14.2. The van der Waals surface area contributed by atoms with Crippen molar-refractivity contribution in [1.82, 2.24) is 0 Å². The number of hydrogen-bond donors (Lipinski definition) is 5. The van der Waals surface area contributed by atoms with Crippen LogP contribution in [0.2, 0.25) is 0 Å². The van der Waals surface area contributed by atoms with Crippen molar-refractivity contribution < 1.29 is 62.7 Å². The summed E-state index contributed by atoms with van der Waals surface area (Å²) in [6.07, 6.45) is 0. The summed E-state index contributed by atoms with van der Waals surface area (Å²) in [5.41, 5.74) is 2.97. The summed E-state index contributed by atoms with van der Waals surface area (Å²) >= 11 is 0. The van der Waals surface area contributed by atoms with Gasteiger partial charge in [-0.15, -0.1) is 30.7 Å². The number of ether oxygens (including phenoxy) is 2. The number of aryl methyl sites for hydroxylation is 1. The Balaban J connectivity index is 0.00000630. The van der Waals surface area contributed by atoms with Gasteiger partial charge in [0.15, 0.2) is 5.75 Å². The van der Waals surface area contributed by atoms with Crippen LogP contribution in [0.1, 0.15) is 5.56 Å². The molecule has 0 saturated heterocycles. The van der Waals surface area contributed by atoms with Crippen LogP contribution in [0.25, 0.3) is 32.3 Å². The monoisotopic (exact) mass is 960 g/mol. The first-order chi connectivity index (χ1) is 30.6. The standard InChI is InChI=1S/C45H35N7O10S2.Cu/c1-25-8-9-27-21-29(12-15-32(27)45(25)62-3)46-28-11-14-31-26(20-28)10-17-38(44(31)54)50-51-39-24-42(61-2)40(23-41(39)53)52-48-36-19-18-35(33-16-13-30(22-34(33)36)63(55,56)57)47-49-37-6-4-5-7-43(37)64(58,59)60;/h4-24,46,53-54H,1-3H3,(H,55,56,57)(H,58,59,60);. The van der Waals surface area contributed by atoms with Crippen LogP contribution in [0.5, 0.6) is 23.0 Å². The zero-order valence-electron chi connectivity index (χ0n) is 34.2. The zero-order chi connectivity index (χ0) is 45.3.